The van der Waals surface area contributed by atoms with Gasteiger partial charge in [0.15, 0.2) is 5.78 Å². The molecule has 0 aliphatic rings. The van der Waals surface area contributed by atoms with Crippen LogP contribution in [0.4, 0.5) is 0 Å². The van der Waals surface area contributed by atoms with Crippen molar-refractivity contribution in [3.05, 3.63) is 36.9 Å². The van der Waals surface area contributed by atoms with Crippen LogP contribution in [0, 0.1) is 6.92 Å². The molecule has 0 saturated carbocycles. The number of hydrogen-bond acceptors (Lipinski definition) is 4. The van der Waals surface area contributed by atoms with E-state index in [0.717, 1.165) is 20.1 Å². The Kier molecular flexibility index (Phi) is 3.33. The summed E-state index contributed by atoms with van der Waals surface area (Å²) in [6.07, 6.45) is 0.392. The van der Waals surface area contributed by atoms with Gasteiger partial charge < -0.3 is 0 Å². The minimum atomic E-state index is 0.127. The maximum Gasteiger partial charge on any atom is 0.179 e. The number of halogens is 1. The van der Waals surface area contributed by atoms with Gasteiger partial charge in [-0.3, -0.25) is 4.79 Å². The van der Waals surface area contributed by atoms with Crippen molar-refractivity contribution in [3.63, 3.8) is 0 Å². The number of rotatable bonds is 3. The summed E-state index contributed by atoms with van der Waals surface area (Å²) in [6, 6.07) is 1.89. The van der Waals surface area contributed by atoms with Gasteiger partial charge in [0.2, 0.25) is 0 Å². The molecule has 0 unspecified atom stereocenters. The molecule has 0 bridgehead atoms. The molecule has 0 spiro atoms. The van der Waals surface area contributed by atoms with Gasteiger partial charge in [0.25, 0.3) is 0 Å². The quantitative estimate of drug-likeness (QED) is 0.809. The Hall–Kier alpha value is -0.520. The molecular weight excluding hydrogens is 294 g/mol. The van der Waals surface area contributed by atoms with Crippen LogP contribution in [0.25, 0.3) is 0 Å². The van der Waals surface area contributed by atoms with Crippen LogP contribution in [-0.4, -0.2) is 10.8 Å². The summed E-state index contributed by atoms with van der Waals surface area (Å²) >= 11 is 6.40. The highest BCUT2D eigenvalue weighted by atomic mass is 79.9. The maximum atomic E-state index is 11.9. The minimum absolute atomic E-state index is 0.127. The van der Waals surface area contributed by atoms with Gasteiger partial charge in [-0.15, -0.1) is 22.7 Å². The fraction of sp³-hybridized carbons (Fsp3) is 0.200. The number of thiazole rings is 1. The predicted molar refractivity (Wildman–Crippen MR) is 66.9 cm³/mol. The van der Waals surface area contributed by atoms with Crippen molar-refractivity contribution in [2.75, 3.05) is 0 Å². The first-order valence-corrected chi connectivity index (χ1v) is 6.89. The molecule has 2 nitrogen and oxygen atoms in total. The van der Waals surface area contributed by atoms with E-state index in [1.807, 2.05) is 23.8 Å². The van der Waals surface area contributed by atoms with Crippen LogP contribution in [0.3, 0.4) is 0 Å². The smallest absolute Gasteiger partial charge is 0.179 e. The number of Topliss-reactive ketones (excluding diaryl/α,β-unsaturated/α-hetero) is 1. The SMILES string of the molecule is Cc1nc(CC(=O)c2sccc2Br)cs1. The highest BCUT2D eigenvalue weighted by Crippen LogP contribution is 2.24. The number of hydrogen-bond donors (Lipinski definition) is 0. The number of thiophene rings is 1. The third-order valence-corrected chi connectivity index (χ3v) is 4.58. The third kappa shape index (κ3) is 2.53. The first-order chi connectivity index (χ1) is 7.16. The second-order valence-corrected chi connectivity index (χ2v) is 5.89. The first kappa shape index (κ1) is 11.0. The molecule has 0 aliphatic heterocycles. The van der Waals surface area contributed by atoms with E-state index in [1.165, 1.54) is 11.3 Å². The molecule has 0 amide bonds. The van der Waals surface area contributed by atoms with Gasteiger partial charge >= 0.3 is 0 Å². The molecule has 2 heterocycles. The monoisotopic (exact) mass is 301 g/mol. The van der Waals surface area contributed by atoms with Gasteiger partial charge in [-0.25, -0.2) is 4.98 Å². The molecule has 78 valence electrons. The minimum Gasteiger partial charge on any atom is -0.293 e. The zero-order valence-electron chi connectivity index (χ0n) is 7.99. The molecule has 0 aromatic carbocycles. The number of carbonyl (C=O) groups is 1. The second kappa shape index (κ2) is 4.55. The number of ketones is 1. The fourth-order valence-corrected chi connectivity index (χ4v) is 3.37. The molecular formula is C10H8BrNOS2. The van der Waals surface area contributed by atoms with Gasteiger partial charge in [-0.1, -0.05) is 0 Å². The highest BCUT2D eigenvalue weighted by Gasteiger charge is 2.13. The molecule has 0 aliphatic carbocycles. The van der Waals surface area contributed by atoms with Crippen LogP contribution in [0.15, 0.2) is 21.3 Å². The summed E-state index contributed by atoms with van der Waals surface area (Å²) in [5.41, 5.74) is 0.864. The lowest BCUT2D eigenvalue weighted by Gasteiger charge is -1.95. The average Bonchev–Trinajstić information content (AvgIpc) is 2.75. The Bertz CT molecular complexity index is 489. The summed E-state index contributed by atoms with van der Waals surface area (Å²) in [4.78, 5) is 16.9. The standard InChI is InChI=1S/C10H8BrNOS2/c1-6-12-7(5-15-6)4-9(13)10-8(11)2-3-14-10/h2-3,5H,4H2,1H3. The van der Waals surface area contributed by atoms with E-state index in [-0.39, 0.29) is 5.78 Å². The van der Waals surface area contributed by atoms with E-state index in [4.69, 9.17) is 0 Å². The number of nitrogens with zero attached hydrogens (tertiary/aromatic N) is 1. The Morgan fingerprint density at radius 2 is 2.33 bits per heavy atom. The molecule has 0 N–H and O–H groups in total. The topological polar surface area (TPSA) is 30.0 Å². The molecule has 0 radical (unpaired) electrons. The zero-order valence-corrected chi connectivity index (χ0v) is 11.2. The Labute approximate surface area is 104 Å². The number of aryl methyl sites for hydroxylation is 1. The molecule has 5 heteroatoms. The van der Waals surface area contributed by atoms with Crippen LogP contribution >= 0.6 is 38.6 Å². The molecule has 2 aromatic rings. The van der Waals surface area contributed by atoms with Gasteiger partial charge in [0.1, 0.15) is 0 Å². The van der Waals surface area contributed by atoms with E-state index in [9.17, 15) is 4.79 Å². The summed E-state index contributed by atoms with van der Waals surface area (Å²) in [7, 11) is 0. The maximum absolute atomic E-state index is 11.9. The van der Waals surface area contributed by atoms with Gasteiger partial charge in [0, 0.05) is 9.85 Å². The van der Waals surface area contributed by atoms with Crippen molar-refractivity contribution in [1.29, 1.82) is 0 Å². The normalized spacial score (nSPS) is 10.5. The van der Waals surface area contributed by atoms with E-state index in [0.29, 0.717) is 6.42 Å². The molecule has 0 saturated heterocycles. The van der Waals surface area contributed by atoms with E-state index in [2.05, 4.69) is 20.9 Å². The van der Waals surface area contributed by atoms with Crippen molar-refractivity contribution in [1.82, 2.24) is 4.98 Å². The number of aromatic nitrogens is 1. The second-order valence-electron chi connectivity index (χ2n) is 3.06. The zero-order chi connectivity index (χ0) is 10.8. The summed E-state index contributed by atoms with van der Waals surface area (Å²) < 4.78 is 0.879. The van der Waals surface area contributed by atoms with Crippen molar-refractivity contribution in [2.24, 2.45) is 0 Å². The van der Waals surface area contributed by atoms with Gasteiger partial charge in [-0.2, -0.15) is 0 Å². The molecule has 2 rings (SSSR count). The Morgan fingerprint density at radius 1 is 1.53 bits per heavy atom. The average molecular weight is 302 g/mol. The summed E-state index contributed by atoms with van der Waals surface area (Å²) in [5.74, 6) is 0.127. The molecule has 0 fully saturated rings. The van der Waals surface area contributed by atoms with Crippen LogP contribution in [-0.2, 0) is 6.42 Å². The van der Waals surface area contributed by atoms with Crippen molar-refractivity contribution >= 4 is 44.4 Å². The molecule has 0 atom stereocenters. The van der Waals surface area contributed by atoms with Crippen LogP contribution in [0.1, 0.15) is 20.4 Å². The first-order valence-electron chi connectivity index (χ1n) is 4.34. The van der Waals surface area contributed by atoms with Crippen LogP contribution in [0.5, 0.6) is 0 Å². The van der Waals surface area contributed by atoms with Crippen molar-refractivity contribution < 1.29 is 4.79 Å². The molecule has 15 heavy (non-hydrogen) atoms. The summed E-state index contributed by atoms with van der Waals surface area (Å²) in [5, 5.41) is 4.85. The summed E-state index contributed by atoms with van der Waals surface area (Å²) in [6.45, 7) is 1.94. The van der Waals surface area contributed by atoms with E-state index >= 15 is 0 Å². The van der Waals surface area contributed by atoms with E-state index in [1.54, 1.807) is 11.3 Å². The van der Waals surface area contributed by atoms with Crippen molar-refractivity contribution in [2.45, 2.75) is 13.3 Å². The Morgan fingerprint density at radius 3 is 2.87 bits per heavy atom. The van der Waals surface area contributed by atoms with Crippen molar-refractivity contribution in [3.8, 4) is 0 Å². The third-order valence-electron chi connectivity index (χ3n) is 1.88. The van der Waals surface area contributed by atoms with Crippen LogP contribution in [0.2, 0.25) is 0 Å². The van der Waals surface area contributed by atoms with Gasteiger partial charge in [0.05, 0.1) is 22.0 Å². The number of carbonyl (C=O) groups excluding carboxylic acids is 1. The Balaban J connectivity index is 2.14. The van der Waals surface area contributed by atoms with Gasteiger partial charge in [-0.05, 0) is 34.3 Å². The predicted octanol–water partition coefficient (Wildman–Crippen LogP) is 3.70. The molecule has 2 aromatic heterocycles. The lowest BCUT2D eigenvalue weighted by molar-refractivity contribution is 0.0995. The highest BCUT2D eigenvalue weighted by molar-refractivity contribution is 9.10. The lowest BCUT2D eigenvalue weighted by atomic mass is 10.2. The van der Waals surface area contributed by atoms with Crippen LogP contribution < -0.4 is 0 Å². The van der Waals surface area contributed by atoms with E-state index < -0.39 is 0 Å². The largest absolute Gasteiger partial charge is 0.293 e. The lowest BCUT2D eigenvalue weighted by Crippen LogP contribution is -2.02. The fourth-order valence-electron chi connectivity index (χ4n) is 1.23.